The number of nitrogens with zero attached hydrogens (tertiary/aromatic N) is 2. The fourth-order valence-electron chi connectivity index (χ4n) is 3.25. The molecule has 2 rings (SSSR count). The lowest BCUT2D eigenvalue weighted by atomic mass is 10.1. The third kappa shape index (κ3) is 6.01. The third-order valence-corrected chi connectivity index (χ3v) is 4.40. The molecular formula is C18H24F3N3O4. The zero-order valence-corrected chi connectivity index (χ0v) is 15.7. The SMILES string of the molecule is C[C@@H]1CN(CCOc2ccc(N)cc2)C[C@H](C)N1C(=O)COC(=O)C(F)(F)F. The second kappa shape index (κ2) is 9.13. The molecule has 7 nitrogen and oxygen atoms in total. The van der Waals surface area contributed by atoms with Gasteiger partial charge in [0.1, 0.15) is 12.4 Å². The second-order valence-electron chi connectivity index (χ2n) is 6.75. The first-order chi connectivity index (χ1) is 13.1. The van der Waals surface area contributed by atoms with Gasteiger partial charge in [-0.2, -0.15) is 13.2 Å². The first-order valence-electron chi connectivity index (χ1n) is 8.83. The van der Waals surface area contributed by atoms with Gasteiger partial charge in [-0.05, 0) is 38.1 Å². The van der Waals surface area contributed by atoms with Gasteiger partial charge in [0.25, 0.3) is 5.91 Å². The fraction of sp³-hybridized carbons (Fsp3) is 0.556. The summed E-state index contributed by atoms with van der Waals surface area (Å²) < 4.78 is 46.3. The number of nitrogen functional groups attached to an aromatic ring is 1. The predicted octanol–water partition coefficient (Wildman–Crippen LogP) is 1.67. The van der Waals surface area contributed by atoms with E-state index in [1.165, 1.54) is 4.90 Å². The van der Waals surface area contributed by atoms with Gasteiger partial charge >= 0.3 is 12.1 Å². The number of nitrogens with two attached hydrogens (primary N) is 1. The van der Waals surface area contributed by atoms with Crippen LogP contribution in [-0.2, 0) is 14.3 Å². The lowest BCUT2D eigenvalue weighted by molar-refractivity contribution is -0.201. The van der Waals surface area contributed by atoms with Crippen molar-refractivity contribution in [2.75, 3.05) is 38.6 Å². The first-order valence-corrected chi connectivity index (χ1v) is 8.83. The Labute approximate surface area is 161 Å². The summed E-state index contributed by atoms with van der Waals surface area (Å²) in [6.45, 7) is 4.82. The van der Waals surface area contributed by atoms with E-state index in [2.05, 4.69) is 9.64 Å². The number of hydrogen-bond donors (Lipinski definition) is 1. The molecule has 1 aromatic carbocycles. The largest absolute Gasteiger partial charge is 0.492 e. The van der Waals surface area contributed by atoms with Crippen LogP contribution in [0.1, 0.15) is 13.8 Å². The van der Waals surface area contributed by atoms with E-state index in [0.29, 0.717) is 37.7 Å². The molecule has 0 bridgehead atoms. The van der Waals surface area contributed by atoms with Crippen LogP contribution in [0.2, 0.25) is 0 Å². The van der Waals surface area contributed by atoms with Gasteiger partial charge in [-0.1, -0.05) is 0 Å². The van der Waals surface area contributed by atoms with Crippen molar-refractivity contribution in [3.8, 4) is 5.75 Å². The summed E-state index contributed by atoms with van der Waals surface area (Å²) in [6, 6.07) is 6.57. The lowest BCUT2D eigenvalue weighted by Crippen LogP contribution is -2.59. The minimum atomic E-state index is -5.11. The predicted molar refractivity (Wildman–Crippen MR) is 95.6 cm³/mol. The molecule has 1 heterocycles. The minimum Gasteiger partial charge on any atom is -0.492 e. The van der Waals surface area contributed by atoms with Crippen LogP contribution in [0.3, 0.4) is 0 Å². The maximum Gasteiger partial charge on any atom is 0.490 e. The molecular weight excluding hydrogens is 379 g/mol. The fourth-order valence-corrected chi connectivity index (χ4v) is 3.25. The number of piperazine rings is 1. The maximum absolute atomic E-state index is 12.2. The molecule has 0 aromatic heterocycles. The highest BCUT2D eigenvalue weighted by Crippen LogP contribution is 2.19. The molecule has 1 amide bonds. The average Bonchev–Trinajstić information content (AvgIpc) is 2.60. The van der Waals surface area contributed by atoms with Gasteiger partial charge in [0, 0.05) is 37.4 Å². The molecule has 2 N–H and O–H groups in total. The molecule has 1 saturated heterocycles. The van der Waals surface area contributed by atoms with E-state index >= 15 is 0 Å². The quantitative estimate of drug-likeness (QED) is 0.575. The Morgan fingerprint density at radius 1 is 1.14 bits per heavy atom. The number of anilines is 1. The van der Waals surface area contributed by atoms with E-state index in [9.17, 15) is 22.8 Å². The average molecular weight is 403 g/mol. The monoisotopic (exact) mass is 403 g/mol. The third-order valence-electron chi connectivity index (χ3n) is 4.40. The molecule has 0 spiro atoms. The zero-order chi connectivity index (χ0) is 20.9. The van der Waals surface area contributed by atoms with Gasteiger partial charge in [-0.15, -0.1) is 0 Å². The Kier molecular flexibility index (Phi) is 7.11. The topological polar surface area (TPSA) is 85.1 Å². The molecule has 0 aliphatic carbocycles. The molecule has 1 aliphatic heterocycles. The van der Waals surface area contributed by atoms with E-state index in [-0.39, 0.29) is 12.1 Å². The molecule has 0 radical (unpaired) electrons. The van der Waals surface area contributed by atoms with Crippen LogP contribution in [0.15, 0.2) is 24.3 Å². The van der Waals surface area contributed by atoms with E-state index in [4.69, 9.17) is 10.5 Å². The number of amides is 1. The van der Waals surface area contributed by atoms with Gasteiger partial charge in [0.2, 0.25) is 0 Å². The number of alkyl halides is 3. The van der Waals surface area contributed by atoms with Gasteiger partial charge in [-0.25, -0.2) is 4.79 Å². The summed E-state index contributed by atoms with van der Waals surface area (Å²) in [6.07, 6.45) is -5.11. The smallest absolute Gasteiger partial charge is 0.490 e. The van der Waals surface area contributed by atoms with Crippen molar-refractivity contribution in [2.24, 2.45) is 0 Å². The van der Waals surface area contributed by atoms with Crippen LogP contribution >= 0.6 is 0 Å². The molecule has 0 unspecified atom stereocenters. The summed E-state index contributed by atoms with van der Waals surface area (Å²) in [5.74, 6) is -2.30. The lowest BCUT2D eigenvalue weighted by Gasteiger charge is -2.44. The van der Waals surface area contributed by atoms with Gasteiger partial charge in [0.05, 0.1) is 0 Å². The zero-order valence-electron chi connectivity index (χ0n) is 15.7. The maximum atomic E-state index is 12.2. The number of ether oxygens (including phenoxy) is 2. The highest BCUT2D eigenvalue weighted by Gasteiger charge is 2.42. The molecule has 10 heteroatoms. The van der Waals surface area contributed by atoms with E-state index < -0.39 is 24.7 Å². The summed E-state index contributed by atoms with van der Waals surface area (Å²) in [5.41, 5.74) is 6.27. The number of hydrogen-bond acceptors (Lipinski definition) is 6. The Morgan fingerprint density at radius 2 is 1.71 bits per heavy atom. The van der Waals surface area contributed by atoms with Crippen molar-refractivity contribution in [3.05, 3.63) is 24.3 Å². The summed E-state index contributed by atoms with van der Waals surface area (Å²) >= 11 is 0. The van der Waals surface area contributed by atoms with Crippen molar-refractivity contribution in [2.45, 2.75) is 32.1 Å². The Hall–Kier alpha value is -2.49. The normalized spacial score (nSPS) is 20.7. The van der Waals surface area contributed by atoms with E-state index in [0.717, 1.165) is 0 Å². The molecule has 156 valence electrons. The van der Waals surface area contributed by atoms with Crippen molar-refractivity contribution >= 4 is 17.6 Å². The van der Waals surface area contributed by atoms with Crippen LogP contribution in [0.5, 0.6) is 5.75 Å². The van der Waals surface area contributed by atoms with Crippen LogP contribution in [0.25, 0.3) is 0 Å². The van der Waals surface area contributed by atoms with Gasteiger partial charge < -0.3 is 20.1 Å². The van der Waals surface area contributed by atoms with E-state index in [1.807, 2.05) is 0 Å². The summed E-state index contributed by atoms with van der Waals surface area (Å²) in [4.78, 5) is 26.6. The number of rotatable bonds is 6. The van der Waals surface area contributed by atoms with Crippen molar-refractivity contribution in [1.82, 2.24) is 9.80 Å². The molecule has 1 aliphatic rings. The number of esters is 1. The second-order valence-corrected chi connectivity index (χ2v) is 6.75. The van der Waals surface area contributed by atoms with Gasteiger partial charge in [-0.3, -0.25) is 9.69 Å². The van der Waals surface area contributed by atoms with Crippen LogP contribution < -0.4 is 10.5 Å². The standard InChI is InChI=1S/C18H24F3N3O4/c1-12-9-23(7-8-27-15-5-3-14(22)4-6-15)10-13(2)24(12)16(25)11-28-17(26)18(19,20)21/h3-6,12-13H,7-11,22H2,1-2H3/t12-,13+. The highest BCUT2D eigenvalue weighted by molar-refractivity contribution is 5.83. The molecule has 1 aromatic rings. The molecule has 0 saturated carbocycles. The summed E-state index contributed by atoms with van der Waals surface area (Å²) in [5, 5.41) is 0. The van der Waals surface area contributed by atoms with E-state index in [1.54, 1.807) is 38.1 Å². The van der Waals surface area contributed by atoms with Crippen LogP contribution in [0.4, 0.5) is 18.9 Å². The Bertz CT molecular complexity index is 670. The van der Waals surface area contributed by atoms with Crippen LogP contribution in [-0.4, -0.2) is 72.8 Å². The highest BCUT2D eigenvalue weighted by atomic mass is 19.4. The Balaban J connectivity index is 1.80. The van der Waals surface area contributed by atoms with Crippen LogP contribution in [0, 0.1) is 0 Å². The van der Waals surface area contributed by atoms with Crippen molar-refractivity contribution in [3.63, 3.8) is 0 Å². The van der Waals surface area contributed by atoms with Crippen molar-refractivity contribution in [1.29, 1.82) is 0 Å². The number of benzene rings is 1. The van der Waals surface area contributed by atoms with Crippen molar-refractivity contribution < 1.29 is 32.2 Å². The Morgan fingerprint density at radius 3 is 2.25 bits per heavy atom. The minimum absolute atomic E-state index is 0.239. The number of carbonyl (C=O) groups excluding carboxylic acids is 2. The number of carbonyl (C=O) groups is 2. The molecule has 28 heavy (non-hydrogen) atoms. The van der Waals surface area contributed by atoms with Gasteiger partial charge in [0.15, 0.2) is 6.61 Å². The number of halogens is 3. The molecule has 2 atom stereocenters. The summed E-state index contributed by atoms with van der Waals surface area (Å²) in [7, 11) is 0. The first kappa shape index (κ1) is 21.8. The molecule has 1 fully saturated rings.